The van der Waals surface area contributed by atoms with E-state index < -0.39 is 17.8 Å². The highest BCUT2D eigenvalue weighted by Gasteiger charge is 2.38. The zero-order valence-electron chi connectivity index (χ0n) is 18.1. The van der Waals surface area contributed by atoms with Gasteiger partial charge in [-0.2, -0.15) is 0 Å². The summed E-state index contributed by atoms with van der Waals surface area (Å²) in [5.74, 6) is -1.44. The number of ether oxygens (including phenoxy) is 2. The first-order chi connectivity index (χ1) is 16.8. The minimum Gasteiger partial charge on any atom is -0.483 e. The van der Waals surface area contributed by atoms with Crippen molar-refractivity contribution in [3.8, 4) is 5.75 Å². The van der Waals surface area contributed by atoms with E-state index in [0.717, 1.165) is 4.90 Å². The molecule has 2 fully saturated rings. The van der Waals surface area contributed by atoms with Crippen molar-refractivity contribution in [2.24, 2.45) is 0 Å². The number of benzene rings is 2. The molecule has 2 aromatic carbocycles. The second-order valence-corrected chi connectivity index (χ2v) is 9.14. The quantitative estimate of drug-likeness (QED) is 0.426. The van der Waals surface area contributed by atoms with Gasteiger partial charge in [0.1, 0.15) is 11.3 Å². The SMILES string of the molecule is O=C1NC(=O)N(c2cccc(Cl)c2Cl)C(=O)/C1=C/c1ccc(OCC(=O)N2CCOCC2)c(Br)c1. The molecule has 0 unspecified atom stereocenters. The van der Waals surface area contributed by atoms with Crippen molar-refractivity contribution in [1.29, 1.82) is 0 Å². The molecule has 2 heterocycles. The summed E-state index contributed by atoms with van der Waals surface area (Å²) in [5, 5.41) is 2.29. The molecule has 0 atom stereocenters. The van der Waals surface area contributed by atoms with Crippen LogP contribution in [0.2, 0.25) is 10.0 Å². The van der Waals surface area contributed by atoms with Gasteiger partial charge in [-0.05, 0) is 51.8 Å². The van der Waals surface area contributed by atoms with Gasteiger partial charge in [-0.3, -0.25) is 19.7 Å². The van der Waals surface area contributed by atoms with E-state index in [9.17, 15) is 19.2 Å². The van der Waals surface area contributed by atoms with Gasteiger partial charge in [-0.15, -0.1) is 0 Å². The van der Waals surface area contributed by atoms with E-state index in [0.29, 0.717) is 42.1 Å². The molecule has 12 heteroatoms. The maximum atomic E-state index is 13.1. The summed E-state index contributed by atoms with van der Waals surface area (Å²) in [4.78, 5) is 52.6. The molecule has 35 heavy (non-hydrogen) atoms. The molecule has 0 radical (unpaired) electrons. The van der Waals surface area contributed by atoms with E-state index in [1.807, 2.05) is 0 Å². The van der Waals surface area contributed by atoms with E-state index in [4.69, 9.17) is 32.7 Å². The summed E-state index contributed by atoms with van der Waals surface area (Å²) in [6, 6.07) is 8.39. The summed E-state index contributed by atoms with van der Waals surface area (Å²) in [6.45, 7) is 1.89. The number of hydrogen-bond acceptors (Lipinski definition) is 6. The zero-order valence-corrected chi connectivity index (χ0v) is 21.2. The van der Waals surface area contributed by atoms with E-state index >= 15 is 0 Å². The van der Waals surface area contributed by atoms with Crippen LogP contribution < -0.4 is 15.0 Å². The zero-order chi connectivity index (χ0) is 25.1. The normalized spacial score (nSPS) is 17.6. The van der Waals surface area contributed by atoms with Gasteiger partial charge in [0, 0.05) is 13.1 Å². The molecule has 1 N–H and O–H groups in total. The van der Waals surface area contributed by atoms with Crippen molar-refractivity contribution in [2.45, 2.75) is 0 Å². The Morgan fingerprint density at radius 2 is 1.89 bits per heavy atom. The Hall–Kier alpha value is -2.92. The van der Waals surface area contributed by atoms with Gasteiger partial charge < -0.3 is 14.4 Å². The van der Waals surface area contributed by atoms with Gasteiger partial charge in [0.05, 0.1) is 33.4 Å². The smallest absolute Gasteiger partial charge is 0.336 e. The van der Waals surface area contributed by atoms with Crippen LogP contribution in [-0.4, -0.2) is 61.6 Å². The van der Waals surface area contributed by atoms with Crippen LogP contribution in [0.5, 0.6) is 5.75 Å². The van der Waals surface area contributed by atoms with Gasteiger partial charge in [0.2, 0.25) is 0 Å². The van der Waals surface area contributed by atoms with E-state index in [1.165, 1.54) is 24.3 Å². The molecule has 2 saturated heterocycles. The Kier molecular flexibility index (Phi) is 7.75. The Balaban J connectivity index is 1.52. The molecule has 2 aliphatic rings. The Morgan fingerprint density at radius 1 is 1.14 bits per heavy atom. The predicted octanol–water partition coefficient (Wildman–Crippen LogP) is 3.66. The Morgan fingerprint density at radius 3 is 2.60 bits per heavy atom. The summed E-state index contributed by atoms with van der Waals surface area (Å²) in [7, 11) is 0. The van der Waals surface area contributed by atoms with Gasteiger partial charge in [0.15, 0.2) is 6.61 Å². The van der Waals surface area contributed by atoms with Crippen molar-refractivity contribution >= 4 is 74.6 Å². The highest BCUT2D eigenvalue weighted by atomic mass is 79.9. The maximum absolute atomic E-state index is 13.1. The fourth-order valence-corrected chi connectivity index (χ4v) is 4.37. The van der Waals surface area contributed by atoms with E-state index in [1.54, 1.807) is 23.1 Å². The number of barbiturate groups is 1. The summed E-state index contributed by atoms with van der Waals surface area (Å²) in [5.41, 5.74) is 0.257. The second-order valence-electron chi connectivity index (χ2n) is 7.50. The lowest BCUT2D eigenvalue weighted by atomic mass is 10.1. The van der Waals surface area contributed by atoms with Crippen molar-refractivity contribution in [1.82, 2.24) is 10.2 Å². The van der Waals surface area contributed by atoms with E-state index in [2.05, 4.69) is 21.2 Å². The molecule has 0 aromatic heterocycles. The Labute approximate surface area is 218 Å². The fraction of sp³-hybridized carbons (Fsp3) is 0.217. The number of imide groups is 2. The van der Waals surface area contributed by atoms with Crippen LogP contribution in [0.4, 0.5) is 10.5 Å². The summed E-state index contributed by atoms with van der Waals surface area (Å²) >= 11 is 15.6. The topological polar surface area (TPSA) is 105 Å². The molecule has 2 aromatic rings. The lowest BCUT2D eigenvalue weighted by Gasteiger charge is -2.27. The highest BCUT2D eigenvalue weighted by molar-refractivity contribution is 9.10. The van der Waals surface area contributed by atoms with Crippen LogP contribution in [0.3, 0.4) is 0 Å². The number of carbonyl (C=O) groups is 4. The molecule has 2 aliphatic heterocycles. The van der Waals surface area contributed by atoms with Crippen LogP contribution in [0, 0.1) is 0 Å². The number of urea groups is 1. The lowest BCUT2D eigenvalue weighted by molar-refractivity contribution is -0.137. The van der Waals surface area contributed by atoms with Crippen LogP contribution >= 0.6 is 39.1 Å². The number of hydrogen-bond donors (Lipinski definition) is 1. The fourth-order valence-electron chi connectivity index (χ4n) is 3.48. The number of morpholine rings is 1. The van der Waals surface area contributed by atoms with Crippen molar-refractivity contribution in [3.05, 3.63) is 62.1 Å². The molecular weight excluding hydrogens is 565 g/mol. The first-order valence-electron chi connectivity index (χ1n) is 10.4. The van der Waals surface area contributed by atoms with Crippen molar-refractivity contribution in [2.75, 3.05) is 37.8 Å². The van der Waals surface area contributed by atoms with Gasteiger partial charge in [-0.25, -0.2) is 9.69 Å². The van der Waals surface area contributed by atoms with Crippen molar-refractivity contribution < 1.29 is 28.7 Å². The minimum absolute atomic E-state index is 0.00207. The minimum atomic E-state index is -0.934. The molecule has 9 nitrogen and oxygen atoms in total. The summed E-state index contributed by atoms with van der Waals surface area (Å²) < 4.78 is 11.4. The number of anilines is 1. The monoisotopic (exact) mass is 581 g/mol. The first kappa shape index (κ1) is 25.2. The molecule has 0 spiro atoms. The van der Waals surface area contributed by atoms with Crippen LogP contribution in [-0.2, 0) is 19.1 Å². The van der Waals surface area contributed by atoms with Gasteiger partial charge >= 0.3 is 6.03 Å². The highest BCUT2D eigenvalue weighted by Crippen LogP contribution is 2.34. The summed E-state index contributed by atoms with van der Waals surface area (Å²) in [6.07, 6.45) is 1.34. The standard InChI is InChI=1S/C23H18BrCl2N3O6/c24-15-11-13(4-5-18(15)35-12-19(30)28-6-8-34-9-7-28)10-14-21(31)27-23(33)29(22(14)32)17-3-1-2-16(25)20(17)26/h1-5,10-11H,6-9,12H2,(H,27,31,33)/b14-10+. The molecule has 5 amide bonds. The van der Waals surface area contributed by atoms with E-state index in [-0.39, 0.29) is 33.8 Å². The third-order valence-electron chi connectivity index (χ3n) is 5.26. The van der Waals surface area contributed by atoms with Gasteiger partial charge in [0.25, 0.3) is 17.7 Å². The number of amides is 5. The molecule has 4 rings (SSSR count). The predicted molar refractivity (Wildman–Crippen MR) is 132 cm³/mol. The average Bonchev–Trinajstić information content (AvgIpc) is 2.84. The van der Waals surface area contributed by atoms with Crippen LogP contribution in [0.1, 0.15) is 5.56 Å². The largest absolute Gasteiger partial charge is 0.483 e. The molecule has 0 bridgehead atoms. The second kappa shape index (κ2) is 10.8. The third kappa shape index (κ3) is 5.51. The number of nitrogens with one attached hydrogen (secondary N) is 1. The third-order valence-corrected chi connectivity index (χ3v) is 6.68. The van der Waals surface area contributed by atoms with Crippen LogP contribution in [0.15, 0.2) is 46.4 Å². The molecule has 182 valence electrons. The molecular formula is C23H18BrCl2N3O6. The Bertz CT molecular complexity index is 1250. The van der Waals surface area contributed by atoms with Crippen LogP contribution in [0.25, 0.3) is 6.08 Å². The van der Waals surface area contributed by atoms with Crippen molar-refractivity contribution in [3.63, 3.8) is 0 Å². The molecule has 0 aliphatic carbocycles. The number of carbonyl (C=O) groups excluding carboxylic acids is 4. The number of halogens is 3. The van der Waals surface area contributed by atoms with Gasteiger partial charge in [-0.1, -0.05) is 35.3 Å². The average molecular weight is 583 g/mol. The number of nitrogens with zero attached hydrogens (tertiary/aromatic N) is 2. The number of rotatable bonds is 5. The lowest BCUT2D eigenvalue weighted by Crippen LogP contribution is -2.54. The molecule has 0 saturated carbocycles. The first-order valence-corrected chi connectivity index (χ1v) is 11.9. The maximum Gasteiger partial charge on any atom is 0.336 e.